The average Bonchev–Trinajstić information content (AvgIpc) is 3.35. The van der Waals surface area contributed by atoms with E-state index >= 15 is 0 Å². The van der Waals surface area contributed by atoms with Crippen molar-refractivity contribution < 1.29 is 79.0 Å². The molecule has 0 aromatic rings. The second kappa shape index (κ2) is 35.0. The van der Waals surface area contributed by atoms with Gasteiger partial charge in [-0.1, -0.05) is 232 Å². The molecular formula is C67H126F18. The Hall–Kier alpha value is -1.26. The van der Waals surface area contributed by atoms with E-state index in [1.807, 2.05) is 69.2 Å². The predicted octanol–water partition coefficient (Wildman–Crippen LogP) is 28.6. The first-order valence-corrected chi connectivity index (χ1v) is 31.8. The molecule has 0 aliphatic heterocycles. The normalized spacial score (nSPS) is 17.6. The predicted molar refractivity (Wildman–Crippen MR) is 321 cm³/mol. The highest BCUT2D eigenvalue weighted by molar-refractivity contribution is 5.05. The van der Waals surface area contributed by atoms with Gasteiger partial charge in [-0.25, -0.2) is 0 Å². The van der Waals surface area contributed by atoms with Gasteiger partial charge in [0.05, 0.1) is 32.5 Å². The van der Waals surface area contributed by atoms with E-state index in [2.05, 4.69) is 27.7 Å². The van der Waals surface area contributed by atoms with E-state index in [1.54, 1.807) is 55.4 Å². The molecule has 18 heteroatoms. The Bertz CT molecular complexity index is 1670. The van der Waals surface area contributed by atoms with Crippen molar-refractivity contribution in [1.29, 1.82) is 0 Å². The van der Waals surface area contributed by atoms with Crippen LogP contribution in [0.3, 0.4) is 0 Å². The van der Waals surface area contributed by atoms with E-state index in [0.717, 1.165) is 19.3 Å². The fraction of sp³-hybridized carbons (Fsp3) is 1.00. The van der Waals surface area contributed by atoms with Crippen molar-refractivity contribution in [3.05, 3.63) is 0 Å². The summed E-state index contributed by atoms with van der Waals surface area (Å²) in [5.41, 5.74) is -9.86. The molecule has 2 saturated carbocycles. The van der Waals surface area contributed by atoms with Crippen LogP contribution in [0.5, 0.6) is 0 Å². The van der Waals surface area contributed by atoms with Crippen LogP contribution in [-0.4, -0.2) is 37.1 Å². The molecule has 2 rings (SSSR count). The zero-order valence-corrected chi connectivity index (χ0v) is 58.5. The summed E-state index contributed by atoms with van der Waals surface area (Å²) in [5.74, 6) is -1.29. The molecule has 0 unspecified atom stereocenters. The maximum atomic E-state index is 13.8. The second-order valence-corrected chi connectivity index (χ2v) is 29.7. The maximum Gasteiger partial charge on any atom is 0.395 e. The summed E-state index contributed by atoms with van der Waals surface area (Å²) in [6.45, 7) is 49.1. The SMILES string of the molecule is CC(C)(C)C.CC(C)C(C)(C(C)C)C(F)(F)F.CC1(C(F)(F)F)CCCCC1.CC1(C)CCC(C)(C(F)(F)F)CC1.CCC(C)(CC)C(C)(C(F)(F)F)C(C)(CC)CC.CCC(C)(CC)C(F)(F)F.CCC(CC)C(C)(C(CC)CC)C(F)(F)F. The molecule has 2 fully saturated rings. The zero-order valence-electron chi connectivity index (χ0n) is 58.5. The van der Waals surface area contributed by atoms with E-state index in [0.29, 0.717) is 82.5 Å². The van der Waals surface area contributed by atoms with Crippen molar-refractivity contribution in [2.45, 2.75) is 353 Å². The lowest BCUT2D eigenvalue weighted by molar-refractivity contribution is -0.301. The van der Waals surface area contributed by atoms with Gasteiger partial charge in [-0.15, -0.1) is 0 Å². The molecular weight excluding hydrogens is 1150 g/mol. The lowest BCUT2D eigenvalue weighted by atomic mass is 9.49. The van der Waals surface area contributed by atoms with Gasteiger partial charge < -0.3 is 0 Å². The van der Waals surface area contributed by atoms with E-state index < -0.39 is 80.4 Å². The summed E-state index contributed by atoms with van der Waals surface area (Å²) in [4.78, 5) is 0. The third kappa shape index (κ3) is 25.7. The molecule has 0 saturated heterocycles. The summed E-state index contributed by atoms with van der Waals surface area (Å²) >= 11 is 0. The van der Waals surface area contributed by atoms with Crippen LogP contribution in [0.25, 0.3) is 0 Å². The molecule has 85 heavy (non-hydrogen) atoms. The van der Waals surface area contributed by atoms with Gasteiger partial charge in [-0.05, 0) is 129 Å². The third-order valence-electron chi connectivity index (χ3n) is 21.7. The van der Waals surface area contributed by atoms with Crippen LogP contribution < -0.4 is 0 Å². The third-order valence-corrected chi connectivity index (χ3v) is 21.7. The monoisotopic (exact) mass is 1270 g/mol. The number of rotatable bonds is 16. The minimum Gasteiger partial charge on any atom is -0.171 e. The molecule has 0 atom stereocenters. The van der Waals surface area contributed by atoms with Gasteiger partial charge in [0.15, 0.2) is 0 Å². The Labute approximate surface area is 508 Å². The minimum atomic E-state index is -4.17. The fourth-order valence-corrected chi connectivity index (χ4v) is 11.7. The van der Waals surface area contributed by atoms with E-state index in [-0.39, 0.29) is 54.8 Å². The van der Waals surface area contributed by atoms with Crippen molar-refractivity contribution in [1.82, 2.24) is 0 Å². The van der Waals surface area contributed by atoms with Crippen molar-refractivity contribution in [3.63, 3.8) is 0 Å². The highest BCUT2D eigenvalue weighted by Crippen LogP contribution is 2.65. The van der Waals surface area contributed by atoms with Crippen molar-refractivity contribution in [2.75, 3.05) is 0 Å². The molecule has 2 aliphatic rings. The quantitative estimate of drug-likeness (QED) is 0.135. The van der Waals surface area contributed by atoms with Crippen LogP contribution in [0.4, 0.5) is 79.0 Å². The molecule has 0 radical (unpaired) electrons. The first-order chi connectivity index (χ1) is 37.4. The summed E-state index contributed by atoms with van der Waals surface area (Å²) in [7, 11) is 0. The fourth-order valence-electron chi connectivity index (χ4n) is 11.7. The number of hydrogen-bond acceptors (Lipinski definition) is 0. The summed E-state index contributed by atoms with van der Waals surface area (Å²) in [6, 6.07) is 0. The Morgan fingerprint density at radius 3 is 0.671 bits per heavy atom. The highest BCUT2D eigenvalue weighted by atomic mass is 19.4. The number of alkyl halides is 18. The van der Waals surface area contributed by atoms with Gasteiger partial charge in [0.1, 0.15) is 0 Å². The van der Waals surface area contributed by atoms with Crippen molar-refractivity contribution in [2.24, 2.45) is 77.8 Å². The van der Waals surface area contributed by atoms with Crippen LogP contribution >= 0.6 is 0 Å². The maximum absolute atomic E-state index is 13.8. The van der Waals surface area contributed by atoms with Gasteiger partial charge in [-0.3, -0.25) is 0 Å². The minimum absolute atomic E-state index is 0.102. The lowest BCUT2D eigenvalue weighted by Crippen LogP contribution is -2.57. The molecule has 0 N–H and O–H groups in total. The first-order valence-electron chi connectivity index (χ1n) is 31.8. The highest BCUT2D eigenvalue weighted by Gasteiger charge is 2.67. The van der Waals surface area contributed by atoms with Crippen LogP contribution in [0.1, 0.15) is 316 Å². The summed E-state index contributed by atoms with van der Waals surface area (Å²) in [6.07, 6.45) is -14.5. The van der Waals surface area contributed by atoms with Crippen molar-refractivity contribution >= 4 is 0 Å². The molecule has 0 amide bonds. The van der Waals surface area contributed by atoms with Gasteiger partial charge in [0.25, 0.3) is 0 Å². The Balaban J connectivity index is -0.000000299. The van der Waals surface area contributed by atoms with Gasteiger partial charge in [0.2, 0.25) is 0 Å². The lowest BCUT2D eigenvalue weighted by Gasteiger charge is -2.57. The summed E-state index contributed by atoms with van der Waals surface area (Å²) < 4.78 is 230. The van der Waals surface area contributed by atoms with Crippen LogP contribution in [0.2, 0.25) is 0 Å². The molecule has 520 valence electrons. The molecule has 0 heterocycles. The standard InChI is InChI=1S/C15H29F3.C13H25F3.C10H17F3.C9H17F3.C8H13F3.C7H13F3.C5H12/c1-8-12(5,9-2)14(7,15(16,17)18)13(6,10-3)11-4;1-6-10(7-2)12(5,13(14,15)16)11(8-3)9-4;1-8(2)4-6-9(3,7-5-8)10(11,12)13;1-6(2)8(5,7(3)4)9(10,11)12;1-7(8(9,10)11)5-3-2-4-6-7;1-4-6(3,5-2)7(8,9)10;1-5(2,3)4/h8-11H2,1-7H3;10-11H,6-9H2,1-5H3;4-7H2,1-3H3;6-7H,1-5H3;2-6H2,1H3;4-5H2,1-3H3;1-4H3. The number of hydrogen-bond donors (Lipinski definition) is 0. The van der Waals surface area contributed by atoms with E-state index in [4.69, 9.17) is 0 Å². The second-order valence-electron chi connectivity index (χ2n) is 29.7. The van der Waals surface area contributed by atoms with Gasteiger partial charge in [0, 0.05) is 0 Å². The topological polar surface area (TPSA) is 0 Å². The van der Waals surface area contributed by atoms with Gasteiger partial charge in [-0.2, -0.15) is 79.0 Å². The van der Waals surface area contributed by atoms with E-state index in [1.165, 1.54) is 41.5 Å². The zero-order chi connectivity index (χ0) is 69.7. The average molecular weight is 1270 g/mol. The smallest absolute Gasteiger partial charge is 0.171 e. The molecule has 0 spiro atoms. The molecule has 0 bridgehead atoms. The Morgan fingerprint density at radius 1 is 0.306 bits per heavy atom. The Morgan fingerprint density at radius 2 is 0.541 bits per heavy atom. The first kappa shape index (κ1) is 92.5. The molecule has 0 nitrogen and oxygen atoms in total. The summed E-state index contributed by atoms with van der Waals surface area (Å²) in [5, 5.41) is 0. The largest absolute Gasteiger partial charge is 0.395 e. The van der Waals surface area contributed by atoms with E-state index in [9.17, 15) is 79.0 Å². The van der Waals surface area contributed by atoms with Crippen molar-refractivity contribution in [3.8, 4) is 0 Å². The van der Waals surface area contributed by atoms with Crippen LogP contribution in [-0.2, 0) is 0 Å². The van der Waals surface area contributed by atoms with Gasteiger partial charge >= 0.3 is 37.1 Å². The molecule has 0 aromatic carbocycles. The number of halogens is 18. The van der Waals surface area contributed by atoms with Crippen LogP contribution in [0.15, 0.2) is 0 Å². The van der Waals surface area contributed by atoms with Crippen LogP contribution in [0, 0.1) is 77.8 Å². The Kier molecular flexibility index (Phi) is 38.0. The molecule has 2 aliphatic carbocycles. The molecule has 0 aromatic heterocycles.